The summed E-state index contributed by atoms with van der Waals surface area (Å²) in [6.45, 7) is 3.73. The van der Waals surface area contributed by atoms with Crippen molar-refractivity contribution in [1.82, 2.24) is 14.6 Å². The summed E-state index contributed by atoms with van der Waals surface area (Å²) in [6, 6.07) is 5.68. The third-order valence-electron chi connectivity index (χ3n) is 4.48. The lowest BCUT2D eigenvalue weighted by atomic mass is 10.2. The van der Waals surface area contributed by atoms with Crippen molar-refractivity contribution >= 4 is 44.9 Å². The van der Waals surface area contributed by atoms with Gasteiger partial charge in [0.15, 0.2) is 0 Å². The molecule has 0 spiro atoms. The van der Waals surface area contributed by atoms with Crippen molar-refractivity contribution in [2.45, 2.75) is 18.2 Å². The number of aryl methyl sites for hydroxylation is 1. The van der Waals surface area contributed by atoms with Crippen LogP contribution in [0.3, 0.4) is 0 Å². The third kappa shape index (κ3) is 4.68. The zero-order valence-electron chi connectivity index (χ0n) is 15.2. The molecule has 1 fully saturated rings. The average Bonchev–Trinajstić information content (AvgIpc) is 2.88. The Balaban J connectivity index is 1.68. The van der Waals surface area contributed by atoms with Crippen molar-refractivity contribution in [3.8, 4) is 0 Å². The molecule has 1 aromatic heterocycles. The monoisotopic (exact) mass is 442 g/mol. The number of nitrogens with zero attached hydrogens (tertiary/aromatic N) is 3. The molecule has 0 radical (unpaired) electrons. The highest BCUT2D eigenvalue weighted by Crippen LogP contribution is 2.33. The molecule has 3 rings (SSSR count). The van der Waals surface area contributed by atoms with Gasteiger partial charge in [0, 0.05) is 38.6 Å². The molecule has 0 saturated carbocycles. The Labute approximate surface area is 174 Å². The van der Waals surface area contributed by atoms with Crippen molar-refractivity contribution in [3.05, 3.63) is 52.3 Å². The van der Waals surface area contributed by atoms with Gasteiger partial charge in [-0.05, 0) is 25.5 Å². The summed E-state index contributed by atoms with van der Waals surface area (Å²) >= 11 is 12.4. The molecule has 1 aliphatic rings. The second kappa shape index (κ2) is 8.55. The Morgan fingerprint density at radius 3 is 2.32 bits per heavy atom. The van der Waals surface area contributed by atoms with Gasteiger partial charge < -0.3 is 9.80 Å². The predicted octanol–water partition coefficient (Wildman–Crippen LogP) is 3.31. The van der Waals surface area contributed by atoms with Gasteiger partial charge in [-0.2, -0.15) is 0 Å². The van der Waals surface area contributed by atoms with Gasteiger partial charge in [-0.25, -0.2) is 17.9 Å². The number of aromatic nitrogens is 1. The van der Waals surface area contributed by atoms with Gasteiger partial charge in [-0.15, -0.1) is 0 Å². The lowest BCUT2D eigenvalue weighted by Gasteiger charge is -2.25. The minimum atomic E-state index is -3.92. The number of amides is 2. The normalized spacial score (nSPS) is 15.2. The lowest BCUT2D eigenvalue weighted by molar-refractivity contribution is 0.207. The van der Waals surface area contributed by atoms with Gasteiger partial charge in [0.2, 0.25) is 0 Å². The number of pyridine rings is 1. The molecule has 1 aliphatic heterocycles. The number of benzene rings is 1. The van der Waals surface area contributed by atoms with Gasteiger partial charge in [0.05, 0.1) is 20.6 Å². The van der Waals surface area contributed by atoms with E-state index in [0.717, 1.165) is 5.56 Å². The number of nitrogens with one attached hydrogen (secondary N) is 1. The fourth-order valence-electron chi connectivity index (χ4n) is 3.01. The van der Waals surface area contributed by atoms with E-state index in [1.165, 1.54) is 29.4 Å². The zero-order chi connectivity index (χ0) is 20.3. The molecule has 0 bridgehead atoms. The van der Waals surface area contributed by atoms with E-state index in [1.807, 2.05) is 11.8 Å². The number of urea groups is 1. The molecule has 28 heavy (non-hydrogen) atoms. The van der Waals surface area contributed by atoms with Crippen LogP contribution in [0.5, 0.6) is 0 Å². The molecule has 0 aliphatic carbocycles. The van der Waals surface area contributed by atoms with Crippen molar-refractivity contribution in [2.24, 2.45) is 0 Å². The van der Waals surface area contributed by atoms with Crippen LogP contribution in [-0.2, 0) is 10.0 Å². The summed E-state index contributed by atoms with van der Waals surface area (Å²) in [6.07, 6.45) is 3.69. The number of carbonyl (C=O) groups is 1. The summed E-state index contributed by atoms with van der Waals surface area (Å²) in [7, 11) is -3.92. The van der Waals surface area contributed by atoms with Gasteiger partial charge in [-0.3, -0.25) is 4.98 Å². The van der Waals surface area contributed by atoms with Crippen molar-refractivity contribution < 1.29 is 13.2 Å². The Morgan fingerprint density at radius 2 is 1.68 bits per heavy atom. The van der Waals surface area contributed by atoms with E-state index < -0.39 is 16.1 Å². The minimum Gasteiger partial charge on any atom is -0.367 e. The van der Waals surface area contributed by atoms with Crippen LogP contribution in [0.1, 0.15) is 12.0 Å². The van der Waals surface area contributed by atoms with Gasteiger partial charge in [0.25, 0.3) is 10.0 Å². The molecule has 1 aromatic carbocycles. The first-order valence-electron chi connectivity index (χ1n) is 8.70. The number of hydrogen-bond donors (Lipinski definition) is 1. The Bertz CT molecular complexity index is 947. The zero-order valence-corrected chi connectivity index (χ0v) is 17.6. The Morgan fingerprint density at radius 1 is 1.04 bits per heavy atom. The maximum atomic E-state index is 12.5. The predicted molar refractivity (Wildman–Crippen MR) is 110 cm³/mol. The SMILES string of the molecule is Cc1ccc(S(=O)(=O)NC(=O)N2CCCN(c3c(Cl)cncc3Cl)CC2)cc1. The number of halogens is 2. The van der Waals surface area contributed by atoms with Crippen LogP contribution in [0.4, 0.5) is 10.5 Å². The van der Waals surface area contributed by atoms with Crippen LogP contribution in [0.2, 0.25) is 10.0 Å². The summed E-state index contributed by atoms with van der Waals surface area (Å²) in [5.74, 6) is 0. The molecular formula is C18H20Cl2N4O3S. The molecule has 150 valence electrons. The van der Waals surface area contributed by atoms with Gasteiger partial charge in [0.1, 0.15) is 0 Å². The quantitative estimate of drug-likeness (QED) is 0.787. The van der Waals surface area contributed by atoms with Crippen LogP contribution in [-0.4, -0.2) is 50.5 Å². The smallest absolute Gasteiger partial charge is 0.331 e. The Hall–Kier alpha value is -2.03. The molecule has 2 amide bonds. The lowest BCUT2D eigenvalue weighted by Crippen LogP contribution is -2.44. The van der Waals surface area contributed by atoms with E-state index in [-0.39, 0.29) is 4.90 Å². The molecule has 10 heteroatoms. The topological polar surface area (TPSA) is 82.6 Å². The summed E-state index contributed by atoms with van der Waals surface area (Å²) in [5.41, 5.74) is 1.61. The summed E-state index contributed by atoms with van der Waals surface area (Å²) in [4.78, 5) is 20.0. The molecule has 0 unspecified atom stereocenters. The van der Waals surface area contributed by atoms with E-state index in [1.54, 1.807) is 12.1 Å². The minimum absolute atomic E-state index is 0.0539. The van der Waals surface area contributed by atoms with Crippen molar-refractivity contribution in [2.75, 3.05) is 31.1 Å². The van der Waals surface area contributed by atoms with Crippen molar-refractivity contribution in [3.63, 3.8) is 0 Å². The van der Waals surface area contributed by atoms with Crippen LogP contribution >= 0.6 is 23.2 Å². The third-order valence-corrected chi connectivity index (χ3v) is 6.37. The summed E-state index contributed by atoms with van der Waals surface area (Å²) < 4.78 is 27.0. The van der Waals surface area contributed by atoms with Crippen LogP contribution in [0.25, 0.3) is 0 Å². The second-order valence-electron chi connectivity index (χ2n) is 6.50. The van der Waals surface area contributed by atoms with Crippen molar-refractivity contribution in [1.29, 1.82) is 0 Å². The number of sulfonamides is 1. The molecular weight excluding hydrogens is 423 g/mol. The van der Waals surface area contributed by atoms with Gasteiger partial charge >= 0.3 is 6.03 Å². The fraction of sp³-hybridized carbons (Fsp3) is 0.333. The van der Waals surface area contributed by atoms with E-state index in [0.29, 0.717) is 48.3 Å². The van der Waals surface area contributed by atoms with E-state index in [9.17, 15) is 13.2 Å². The van der Waals surface area contributed by atoms with E-state index in [4.69, 9.17) is 23.2 Å². The highest BCUT2D eigenvalue weighted by atomic mass is 35.5. The fourth-order valence-corrected chi connectivity index (χ4v) is 4.58. The molecule has 2 heterocycles. The molecule has 2 aromatic rings. The maximum absolute atomic E-state index is 12.5. The Kier molecular flexibility index (Phi) is 6.32. The van der Waals surface area contributed by atoms with E-state index >= 15 is 0 Å². The highest BCUT2D eigenvalue weighted by molar-refractivity contribution is 7.90. The largest absolute Gasteiger partial charge is 0.367 e. The van der Waals surface area contributed by atoms with Crippen LogP contribution in [0.15, 0.2) is 41.6 Å². The number of anilines is 1. The first kappa shape index (κ1) is 20.7. The standard InChI is InChI=1S/C18H20Cl2N4O3S/c1-13-3-5-14(6-4-13)28(26,27)22-18(25)24-8-2-7-23(9-10-24)17-15(19)11-21-12-16(17)20/h3-6,11-12H,2,7-10H2,1H3,(H,22,25). The molecule has 1 saturated heterocycles. The highest BCUT2D eigenvalue weighted by Gasteiger charge is 2.25. The molecule has 0 atom stereocenters. The molecule has 1 N–H and O–H groups in total. The number of carbonyl (C=O) groups excluding carboxylic acids is 1. The summed E-state index contributed by atoms with van der Waals surface area (Å²) in [5, 5.41) is 0.875. The first-order chi connectivity index (χ1) is 13.3. The van der Waals surface area contributed by atoms with Crippen LogP contribution < -0.4 is 9.62 Å². The average molecular weight is 443 g/mol. The van der Waals surface area contributed by atoms with Crippen LogP contribution in [0, 0.1) is 6.92 Å². The first-order valence-corrected chi connectivity index (χ1v) is 10.9. The van der Waals surface area contributed by atoms with Gasteiger partial charge in [-0.1, -0.05) is 40.9 Å². The maximum Gasteiger partial charge on any atom is 0.331 e. The number of rotatable bonds is 3. The second-order valence-corrected chi connectivity index (χ2v) is 9.00. The van der Waals surface area contributed by atoms with E-state index in [2.05, 4.69) is 9.71 Å². The molecule has 7 nitrogen and oxygen atoms in total. The number of hydrogen-bond acceptors (Lipinski definition) is 5.